The van der Waals surface area contributed by atoms with Crippen molar-refractivity contribution in [3.8, 4) is 0 Å². The molecule has 2 fully saturated rings. The molecular formula is C50H48B2N2. The molecule has 6 aromatic rings. The first-order valence-corrected chi connectivity index (χ1v) is 20.6. The van der Waals surface area contributed by atoms with Crippen LogP contribution >= 0.6 is 0 Å². The van der Waals surface area contributed by atoms with Gasteiger partial charge in [-0.3, -0.25) is 0 Å². The van der Waals surface area contributed by atoms with E-state index in [-0.39, 0.29) is 13.4 Å². The van der Waals surface area contributed by atoms with Crippen LogP contribution < -0.4 is 42.6 Å². The van der Waals surface area contributed by atoms with Crippen molar-refractivity contribution in [1.29, 1.82) is 0 Å². The van der Waals surface area contributed by atoms with Gasteiger partial charge >= 0.3 is 0 Å². The summed E-state index contributed by atoms with van der Waals surface area (Å²) in [4.78, 5) is 5.39. The zero-order valence-corrected chi connectivity index (χ0v) is 32.7. The molecule has 6 aromatic carbocycles. The molecule has 4 heteroatoms. The van der Waals surface area contributed by atoms with Crippen molar-refractivity contribution in [3.63, 3.8) is 0 Å². The minimum atomic E-state index is 0.156. The average molecular weight is 699 g/mol. The van der Waals surface area contributed by atoms with Crippen LogP contribution in [0.15, 0.2) is 97.1 Å². The number of fused-ring (bicyclic) bond motifs is 6. The van der Waals surface area contributed by atoms with Crippen LogP contribution in [0.5, 0.6) is 0 Å². The van der Waals surface area contributed by atoms with Crippen molar-refractivity contribution in [1.82, 2.24) is 0 Å². The van der Waals surface area contributed by atoms with Gasteiger partial charge in [-0.15, -0.1) is 0 Å². The number of hydrogen-bond acceptors (Lipinski definition) is 2. The van der Waals surface area contributed by atoms with E-state index in [1.54, 1.807) is 0 Å². The number of para-hydroxylation sites is 2. The number of aryl methyl sites for hydroxylation is 6. The van der Waals surface area contributed by atoms with Gasteiger partial charge in [0.05, 0.1) is 22.7 Å². The van der Waals surface area contributed by atoms with Crippen molar-refractivity contribution >= 4 is 80.3 Å². The summed E-state index contributed by atoms with van der Waals surface area (Å²) in [5.41, 5.74) is 27.9. The van der Waals surface area contributed by atoms with Crippen molar-refractivity contribution in [3.05, 3.63) is 142 Å². The fourth-order valence-corrected chi connectivity index (χ4v) is 11.4. The molecule has 0 radical (unpaired) electrons. The van der Waals surface area contributed by atoms with Crippen molar-refractivity contribution in [2.24, 2.45) is 0 Å². The van der Waals surface area contributed by atoms with Crippen LogP contribution in [0.4, 0.5) is 34.1 Å². The number of anilines is 6. The molecule has 2 aliphatic carbocycles. The largest absolute Gasteiger partial charge is 0.307 e. The van der Waals surface area contributed by atoms with Crippen LogP contribution in [0, 0.1) is 41.5 Å². The number of hydrogen-bond donors (Lipinski definition) is 0. The maximum Gasteiger partial charge on any atom is 0.247 e. The fourth-order valence-electron chi connectivity index (χ4n) is 11.4. The van der Waals surface area contributed by atoms with Gasteiger partial charge in [0.15, 0.2) is 0 Å². The van der Waals surface area contributed by atoms with Gasteiger partial charge in [-0.25, -0.2) is 0 Å². The van der Waals surface area contributed by atoms with Crippen molar-refractivity contribution in [2.75, 3.05) is 9.80 Å². The van der Waals surface area contributed by atoms with Crippen molar-refractivity contribution < 1.29 is 0 Å². The zero-order chi connectivity index (χ0) is 36.6. The second kappa shape index (κ2) is 11.8. The Hall–Kier alpha value is -4.95. The third-order valence-electron chi connectivity index (χ3n) is 14.1. The van der Waals surface area contributed by atoms with Crippen LogP contribution in [0.1, 0.15) is 94.9 Å². The SMILES string of the molecule is Cc1cc(C)c(B2c3ccc(C4CCC4)cc3N3c4cccc5c4N(c4cc(C6CCC6)ccc4B5c4c(C)cc(C)cc4C)c4cccc2c43)c(C)c1. The average Bonchev–Trinajstić information content (AvgIpc) is 3.09. The normalized spacial score (nSPS) is 16.7. The van der Waals surface area contributed by atoms with Crippen LogP contribution in [0.3, 0.4) is 0 Å². The molecule has 264 valence electrons. The lowest BCUT2D eigenvalue weighted by atomic mass is 9.33. The minimum Gasteiger partial charge on any atom is -0.307 e. The van der Waals surface area contributed by atoms with Gasteiger partial charge in [0.1, 0.15) is 0 Å². The predicted molar refractivity (Wildman–Crippen MR) is 233 cm³/mol. The third-order valence-corrected chi connectivity index (χ3v) is 14.1. The summed E-state index contributed by atoms with van der Waals surface area (Å²) < 4.78 is 0. The molecule has 0 saturated heterocycles. The van der Waals surface area contributed by atoms with Crippen LogP contribution in [0.25, 0.3) is 0 Å². The van der Waals surface area contributed by atoms with Gasteiger partial charge in [-0.05, 0) is 136 Å². The highest BCUT2D eigenvalue weighted by Crippen LogP contribution is 2.55. The van der Waals surface area contributed by atoms with Crippen LogP contribution in [-0.4, -0.2) is 13.4 Å². The molecule has 0 aromatic heterocycles. The molecule has 0 bridgehead atoms. The second-order valence-electron chi connectivity index (χ2n) is 17.5. The molecule has 3 aliphatic heterocycles. The Kier molecular flexibility index (Phi) is 7.08. The molecule has 0 N–H and O–H groups in total. The van der Waals surface area contributed by atoms with Gasteiger partial charge in [-0.2, -0.15) is 0 Å². The lowest BCUT2D eigenvalue weighted by Gasteiger charge is -2.49. The first-order valence-electron chi connectivity index (χ1n) is 20.6. The Bertz CT molecular complexity index is 2350. The van der Waals surface area contributed by atoms with Gasteiger partial charge < -0.3 is 9.80 Å². The molecule has 5 aliphatic rings. The van der Waals surface area contributed by atoms with Crippen LogP contribution in [0.2, 0.25) is 0 Å². The quantitative estimate of drug-likeness (QED) is 0.170. The van der Waals surface area contributed by atoms with E-state index in [1.807, 2.05) is 0 Å². The Morgan fingerprint density at radius 2 is 0.815 bits per heavy atom. The molecule has 54 heavy (non-hydrogen) atoms. The third kappa shape index (κ3) is 4.49. The number of benzene rings is 6. The maximum absolute atomic E-state index is 2.69. The Labute approximate surface area is 322 Å². The van der Waals surface area contributed by atoms with Gasteiger partial charge in [0.25, 0.3) is 0 Å². The highest BCUT2D eigenvalue weighted by Gasteiger charge is 2.47. The minimum absolute atomic E-state index is 0.156. The summed E-state index contributed by atoms with van der Waals surface area (Å²) >= 11 is 0. The van der Waals surface area contributed by atoms with E-state index in [1.165, 1.54) is 150 Å². The second-order valence-corrected chi connectivity index (χ2v) is 17.5. The zero-order valence-electron chi connectivity index (χ0n) is 32.7. The van der Waals surface area contributed by atoms with E-state index in [0.29, 0.717) is 11.8 Å². The monoisotopic (exact) mass is 698 g/mol. The lowest BCUT2D eigenvalue weighted by molar-refractivity contribution is 0.420. The molecule has 0 unspecified atom stereocenters. The predicted octanol–water partition coefficient (Wildman–Crippen LogP) is 8.98. The molecule has 2 saturated carbocycles. The molecule has 0 amide bonds. The smallest absolute Gasteiger partial charge is 0.247 e. The summed E-state index contributed by atoms with van der Waals surface area (Å²) in [6.45, 7) is 14.1. The molecule has 0 spiro atoms. The summed E-state index contributed by atoms with van der Waals surface area (Å²) in [5, 5.41) is 0. The van der Waals surface area contributed by atoms with E-state index in [0.717, 1.165) is 0 Å². The molecule has 0 atom stereocenters. The number of nitrogens with zero attached hydrogens (tertiary/aromatic N) is 2. The van der Waals surface area contributed by atoms with Gasteiger partial charge in [0, 0.05) is 11.4 Å². The topological polar surface area (TPSA) is 6.48 Å². The summed E-state index contributed by atoms with van der Waals surface area (Å²) in [5.74, 6) is 1.32. The molecule has 3 heterocycles. The summed E-state index contributed by atoms with van der Waals surface area (Å²) in [6, 6.07) is 39.1. The molecule has 11 rings (SSSR count). The van der Waals surface area contributed by atoms with Gasteiger partial charge in [0.2, 0.25) is 13.4 Å². The summed E-state index contributed by atoms with van der Waals surface area (Å²) in [7, 11) is 0. The first-order chi connectivity index (χ1) is 26.3. The Morgan fingerprint density at radius 1 is 0.426 bits per heavy atom. The molecule has 2 nitrogen and oxygen atoms in total. The highest BCUT2D eigenvalue weighted by atomic mass is 15.3. The van der Waals surface area contributed by atoms with E-state index in [4.69, 9.17) is 0 Å². The number of rotatable bonds is 4. The maximum atomic E-state index is 2.69. The van der Waals surface area contributed by atoms with E-state index < -0.39 is 0 Å². The first kappa shape index (κ1) is 32.5. The van der Waals surface area contributed by atoms with Gasteiger partial charge in [-0.1, -0.05) is 130 Å². The summed E-state index contributed by atoms with van der Waals surface area (Å²) in [6.07, 6.45) is 7.87. The van der Waals surface area contributed by atoms with E-state index in [9.17, 15) is 0 Å². The highest BCUT2D eigenvalue weighted by molar-refractivity contribution is 6.99. The lowest BCUT2D eigenvalue weighted by Crippen LogP contribution is -2.62. The van der Waals surface area contributed by atoms with E-state index >= 15 is 0 Å². The Balaban J connectivity index is 1.23. The standard InChI is InChI=1S/C50H48B2N2/c1-29-23-31(3)47(32(4)24-29)51-39-21-19-37(35-11-7-12-35)27-45(39)53-44-18-10-16-42-50(44)54(43-17-9-15-41(51)49(43)53)46-28-38(36-13-8-14-36)20-22-40(46)52(42)48-33(5)25-30(2)26-34(48)6/h9-10,15-28,35-36H,7-8,11-14H2,1-6H3. The van der Waals surface area contributed by atoms with Crippen molar-refractivity contribution in [2.45, 2.75) is 91.9 Å². The Morgan fingerprint density at radius 3 is 1.17 bits per heavy atom. The van der Waals surface area contributed by atoms with E-state index in [2.05, 4.69) is 148 Å². The fraction of sp³-hybridized carbons (Fsp3) is 0.280. The van der Waals surface area contributed by atoms with Crippen LogP contribution in [-0.2, 0) is 0 Å². The molecular weight excluding hydrogens is 650 g/mol.